The molecule has 2 saturated heterocycles. The summed E-state index contributed by atoms with van der Waals surface area (Å²) < 4.78 is 19.9. The molecule has 2 aromatic carbocycles. The van der Waals surface area contributed by atoms with E-state index in [-0.39, 0.29) is 23.4 Å². The SMILES string of the molecule is COc1cc2c3c([nH]c2cc1F)C(c1cccc(O)c1)N1C(=O)N(CCCN2CCCCCC2)C(=O)C1(C)C3. The number of H-pyrrole nitrogens is 1. The summed E-state index contributed by atoms with van der Waals surface area (Å²) in [5.74, 6) is -0.526. The summed E-state index contributed by atoms with van der Waals surface area (Å²) in [5, 5.41) is 11.1. The molecule has 1 aromatic heterocycles. The maximum absolute atomic E-state index is 14.6. The first-order valence-electron chi connectivity index (χ1n) is 13.9. The molecule has 2 fully saturated rings. The first kappa shape index (κ1) is 25.7. The number of urea groups is 1. The Hall–Kier alpha value is -3.59. The zero-order valence-electron chi connectivity index (χ0n) is 22.5. The van der Waals surface area contributed by atoms with E-state index < -0.39 is 17.4 Å². The van der Waals surface area contributed by atoms with Crippen LogP contribution in [-0.4, -0.2) is 75.6 Å². The molecule has 6 rings (SSSR count). The van der Waals surface area contributed by atoms with Gasteiger partial charge in [0.2, 0.25) is 0 Å². The number of aromatic hydroxyl groups is 1. The van der Waals surface area contributed by atoms with Crippen LogP contribution in [-0.2, 0) is 11.2 Å². The molecule has 3 amide bonds. The van der Waals surface area contributed by atoms with E-state index in [2.05, 4.69) is 9.88 Å². The van der Waals surface area contributed by atoms with Gasteiger partial charge in [-0.25, -0.2) is 9.18 Å². The number of phenolic OH excluding ortho intramolecular Hbond substituents is 1. The number of hydrogen-bond acceptors (Lipinski definition) is 5. The molecule has 0 aliphatic carbocycles. The van der Waals surface area contributed by atoms with Crippen molar-refractivity contribution in [3.05, 3.63) is 59.0 Å². The summed E-state index contributed by atoms with van der Waals surface area (Å²) in [6.45, 7) is 5.17. The minimum atomic E-state index is -1.13. The number of ether oxygens (including phenoxy) is 1. The molecule has 0 radical (unpaired) electrons. The average Bonchev–Trinajstić information content (AvgIpc) is 3.17. The molecule has 206 valence electrons. The van der Waals surface area contributed by atoms with E-state index in [0.717, 1.165) is 37.0 Å². The molecular weight excluding hydrogens is 499 g/mol. The molecule has 2 unspecified atom stereocenters. The number of carbonyl (C=O) groups excluding carboxylic acids is 2. The predicted molar refractivity (Wildman–Crippen MR) is 145 cm³/mol. The van der Waals surface area contributed by atoms with E-state index in [1.54, 1.807) is 29.2 Å². The van der Waals surface area contributed by atoms with Gasteiger partial charge in [0.25, 0.3) is 5.91 Å². The molecule has 4 heterocycles. The predicted octanol–water partition coefficient (Wildman–Crippen LogP) is 4.96. The molecule has 2 N–H and O–H groups in total. The molecule has 2 atom stereocenters. The Morgan fingerprint density at radius 2 is 1.87 bits per heavy atom. The third-order valence-electron chi connectivity index (χ3n) is 8.68. The highest BCUT2D eigenvalue weighted by Crippen LogP contribution is 2.49. The third kappa shape index (κ3) is 4.23. The fraction of sp³-hybridized carbons (Fsp3) is 0.467. The van der Waals surface area contributed by atoms with Crippen molar-refractivity contribution in [3.63, 3.8) is 0 Å². The van der Waals surface area contributed by atoms with E-state index in [9.17, 15) is 19.1 Å². The first-order chi connectivity index (χ1) is 18.8. The van der Waals surface area contributed by atoms with E-state index in [4.69, 9.17) is 4.74 Å². The van der Waals surface area contributed by atoms with Crippen molar-refractivity contribution in [2.45, 2.75) is 57.0 Å². The fourth-order valence-electron chi connectivity index (χ4n) is 6.72. The van der Waals surface area contributed by atoms with Gasteiger partial charge in [-0.3, -0.25) is 14.6 Å². The fourth-order valence-corrected chi connectivity index (χ4v) is 6.72. The van der Waals surface area contributed by atoms with Gasteiger partial charge in [0.15, 0.2) is 11.6 Å². The van der Waals surface area contributed by atoms with E-state index in [1.807, 2.05) is 13.0 Å². The number of benzene rings is 2. The summed E-state index contributed by atoms with van der Waals surface area (Å²) in [6.07, 6.45) is 5.93. The summed E-state index contributed by atoms with van der Waals surface area (Å²) >= 11 is 0. The van der Waals surface area contributed by atoms with Gasteiger partial charge < -0.3 is 19.7 Å². The topological polar surface area (TPSA) is 89.1 Å². The van der Waals surface area contributed by atoms with Crippen molar-refractivity contribution in [3.8, 4) is 11.5 Å². The summed E-state index contributed by atoms with van der Waals surface area (Å²) in [6, 6.07) is 8.81. The van der Waals surface area contributed by atoms with Gasteiger partial charge in [-0.1, -0.05) is 25.0 Å². The highest BCUT2D eigenvalue weighted by molar-refractivity contribution is 6.08. The zero-order valence-corrected chi connectivity index (χ0v) is 22.5. The number of imide groups is 1. The van der Waals surface area contributed by atoms with Crippen molar-refractivity contribution in [2.24, 2.45) is 0 Å². The normalized spacial score (nSPS) is 23.7. The number of aromatic amines is 1. The molecule has 3 aliphatic rings. The maximum atomic E-state index is 14.6. The Labute approximate surface area is 227 Å². The van der Waals surface area contributed by atoms with E-state index >= 15 is 0 Å². The van der Waals surface area contributed by atoms with Crippen LogP contribution in [0, 0.1) is 5.82 Å². The van der Waals surface area contributed by atoms with Crippen molar-refractivity contribution < 1.29 is 23.8 Å². The molecule has 9 heteroatoms. The number of likely N-dealkylation sites (tertiary alicyclic amines) is 1. The van der Waals surface area contributed by atoms with Crippen LogP contribution in [0.5, 0.6) is 11.5 Å². The lowest BCUT2D eigenvalue weighted by atomic mass is 9.81. The minimum absolute atomic E-state index is 0.0671. The van der Waals surface area contributed by atoms with Gasteiger partial charge in [0.05, 0.1) is 7.11 Å². The lowest BCUT2D eigenvalue weighted by Gasteiger charge is -2.42. The monoisotopic (exact) mass is 534 g/mol. The highest BCUT2D eigenvalue weighted by atomic mass is 19.1. The Morgan fingerprint density at radius 1 is 1.10 bits per heavy atom. The Morgan fingerprint density at radius 3 is 2.59 bits per heavy atom. The summed E-state index contributed by atoms with van der Waals surface area (Å²) in [5.41, 5.74) is 1.69. The molecule has 0 saturated carbocycles. The van der Waals surface area contributed by atoms with E-state index in [1.165, 1.54) is 43.8 Å². The van der Waals surface area contributed by atoms with Gasteiger partial charge in [-0.15, -0.1) is 0 Å². The van der Waals surface area contributed by atoms with Crippen LogP contribution in [0.4, 0.5) is 9.18 Å². The molecule has 3 aromatic rings. The van der Waals surface area contributed by atoms with Crippen molar-refractivity contribution in [1.82, 2.24) is 19.7 Å². The average molecular weight is 535 g/mol. The Kier molecular flexibility index (Phi) is 6.49. The number of halogens is 1. The second kappa shape index (κ2) is 9.86. The summed E-state index contributed by atoms with van der Waals surface area (Å²) in [4.78, 5) is 36.8. The highest BCUT2D eigenvalue weighted by Gasteiger charge is 2.60. The number of fused-ring (bicyclic) bond motifs is 4. The molecule has 3 aliphatic heterocycles. The minimum Gasteiger partial charge on any atom is -0.508 e. The number of hydrogen-bond donors (Lipinski definition) is 2. The zero-order chi connectivity index (χ0) is 27.3. The van der Waals surface area contributed by atoms with Gasteiger partial charge >= 0.3 is 6.03 Å². The number of rotatable bonds is 6. The van der Waals surface area contributed by atoms with E-state index in [0.29, 0.717) is 29.7 Å². The van der Waals surface area contributed by atoms with Crippen LogP contribution in [0.1, 0.15) is 61.9 Å². The molecule has 39 heavy (non-hydrogen) atoms. The van der Waals surface area contributed by atoms with Gasteiger partial charge in [0.1, 0.15) is 17.3 Å². The lowest BCUT2D eigenvalue weighted by Crippen LogP contribution is -2.53. The van der Waals surface area contributed by atoms with Gasteiger partial charge in [-0.05, 0) is 75.1 Å². The lowest BCUT2D eigenvalue weighted by molar-refractivity contribution is -0.133. The Bertz CT molecular complexity index is 1430. The molecule has 8 nitrogen and oxygen atoms in total. The molecule has 0 bridgehead atoms. The Balaban J connectivity index is 1.38. The first-order valence-corrected chi connectivity index (χ1v) is 13.9. The molecular formula is C30H35FN4O4. The van der Waals surface area contributed by atoms with Crippen LogP contribution in [0.2, 0.25) is 0 Å². The largest absolute Gasteiger partial charge is 0.508 e. The van der Waals surface area contributed by atoms with Crippen LogP contribution < -0.4 is 4.74 Å². The quantitative estimate of drug-likeness (QED) is 0.437. The van der Waals surface area contributed by atoms with Crippen molar-refractivity contribution in [1.29, 1.82) is 0 Å². The molecule has 0 spiro atoms. The van der Waals surface area contributed by atoms with Crippen molar-refractivity contribution >= 4 is 22.8 Å². The smallest absolute Gasteiger partial charge is 0.328 e. The number of aromatic nitrogens is 1. The number of nitrogens with one attached hydrogen (secondary N) is 1. The number of carbonyl (C=O) groups is 2. The second-order valence-electron chi connectivity index (χ2n) is 11.2. The van der Waals surface area contributed by atoms with Gasteiger partial charge in [0, 0.05) is 35.6 Å². The number of nitrogens with zero attached hydrogens (tertiary/aromatic N) is 3. The standard InChI is InChI=1S/C30H35FN4O4/c1-30-18-22-21-16-25(39-2)23(31)17-24(21)32-26(22)27(19-9-7-10-20(36)15-19)35(30)29(38)34(28(30)37)14-8-13-33-11-5-3-4-6-12-33/h7,9-10,15-17,27,32,36H,3-6,8,11-14,18H2,1-2H3. The number of phenols is 1. The maximum Gasteiger partial charge on any atom is 0.328 e. The van der Waals surface area contributed by atoms with Crippen LogP contribution in [0.25, 0.3) is 10.9 Å². The summed E-state index contributed by atoms with van der Waals surface area (Å²) in [7, 11) is 1.42. The number of amides is 3. The van der Waals surface area contributed by atoms with Crippen LogP contribution in [0.3, 0.4) is 0 Å². The number of methoxy groups -OCH3 is 1. The van der Waals surface area contributed by atoms with Crippen LogP contribution in [0.15, 0.2) is 36.4 Å². The second-order valence-corrected chi connectivity index (χ2v) is 11.2. The van der Waals surface area contributed by atoms with Crippen LogP contribution >= 0.6 is 0 Å². The van der Waals surface area contributed by atoms with Crippen molar-refractivity contribution in [2.75, 3.05) is 33.3 Å². The third-order valence-corrected chi connectivity index (χ3v) is 8.68. The van der Waals surface area contributed by atoms with Gasteiger partial charge in [-0.2, -0.15) is 0 Å².